The lowest BCUT2D eigenvalue weighted by atomic mass is 10.0. The standard InChI is InChI=1S/C20H27N3/c1-17-8-5-6-13-23(17)16-19-10-7-9-18(14-19)15-21-22-20-11-3-2-4-12-20/h2-4,7,9-12,14,17,21-22H,5-6,8,13,15-16H2,1H3. The molecule has 2 N–H and O–H groups in total. The van der Waals surface area contributed by atoms with Gasteiger partial charge < -0.3 is 5.43 Å². The van der Waals surface area contributed by atoms with Gasteiger partial charge in [0.15, 0.2) is 0 Å². The molecular formula is C20H27N3. The molecule has 122 valence electrons. The summed E-state index contributed by atoms with van der Waals surface area (Å²) in [6.45, 7) is 5.48. The van der Waals surface area contributed by atoms with Gasteiger partial charge in [0.25, 0.3) is 0 Å². The van der Waals surface area contributed by atoms with Crippen molar-refractivity contribution in [3.05, 3.63) is 65.7 Å². The van der Waals surface area contributed by atoms with Gasteiger partial charge in [0.2, 0.25) is 0 Å². The van der Waals surface area contributed by atoms with Gasteiger partial charge in [-0.05, 0) is 49.6 Å². The zero-order valence-electron chi connectivity index (χ0n) is 14.0. The highest BCUT2D eigenvalue weighted by Gasteiger charge is 2.17. The van der Waals surface area contributed by atoms with Crippen molar-refractivity contribution in [1.29, 1.82) is 0 Å². The van der Waals surface area contributed by atoms with Crippen molar-refractivity contribution in [2.24, 2.45) is 0 Å². The molecule has 3 rings (SSSR count). The molecule has 1 heterocycles. The lowest BCUT2D eigenvalue weighted by Gasteiger charge is -2.33. The molecule has 0 radical (unpaired) electrons. The maximum Gasteiger partial charge on any atom is 0.0487 e. The largest absolute Gasteiger partial charge is 0.321 e. The van der Waals surface area contributed by atoms with E-state index in [1.165, 1.54) is 36.9 Å². The summed E-state index contributed by atoms with van der Waals surface area (Å²) in [5, 5.41) is 0. The summed E-state index contributed by atoms with van der Waals surface area (Å²) in [7, 11) is 0. The first-order valence-electron chi connectivity index (χ1n) is 8.67. The van der Waals surface area contributed by atoms with Crippen LogP contribution in [0.25, 0.3) is 0 Å². The fourth-order valence-electron chi connectivity index (χ4n) is 3.23. The summed E-state index contributed by atoms with van der Waals surface area (Å²) >= 11 is 0. The van der Waals surface area contributed by atoms with Gasteiger partial charge in [0.05, 0.1) is 0 Å². The van der Waals surface area contributed by atoms with Gasteiger partial charge in [-0.3, -0.25) is 4.90 Å². The molecule has 0 aliphatic carbocycles. The van der Waals surface area contributed by atoms with E-state index in [0.29, 0.717) is 6.04 Å². The molecule has 0 amide bonds. The first-order valence-corrected chi connectivity index (χ1v) is 8.67. The van der Waals surface area contributed by atoms with Crippen LogP contribution in [0.1, 0.15) is 37.3 Å². The number of likely N-dealkylation sites (tertiary alicyclic amines) is 1. The molecule has 0 saturated carbocycles. The highest BCUT2D eigenvalue weighted by molar-refractivity contribution is 5.41. The molecular weight excluding hydrogens is 282 g/mol. The molecule has 2 aromatic carbocycles. The third-order valence-corrected chi connectivity index (χ3v) is 4.62. The molecule has 2 aromatic rings. The fraction of sp³-hybridized carbons (Fsp3) is 0.400. The summed E-state index contributed by atoms with van der Waals surface area (Å²) in [6.07, 6.45) is 4.06. The van der Waals surface area contributed by atoms with E-state index in [0.717, 1.165) is 18.8 Å². The van der Waals surface area contributed by atoms with Gasteiger partial charge in [-0.25, -0.2) is 5.43 Å². The Morgan fingerprint density at radius 3 is 2.65 bits per heavy atom. The number of rotatable bonds is 6. The Hall–Kier alpha value is -1.84. The van der Waals surface area contributed by atoms with Crippen LogP contribution in [0, 0.1) is 0 Å². The maximum atomic E-state index is 3.29. The molecule has 3 nitrogen and oxygen atoms in total. The number of piperidine rings is 1. The van der Waals surface area contributed by atoms with Crippen molar-refractivity contribution < 1.29 is 0 Å². The van der Waals surface area contributed by atoms with E-state index >= 15 is 0 Å². The molecule has 1 fully saturated rings. The van der Waals surface area contributed by atoms with Crippen molar-refractivity contribution in [2.75, 3.05) is 12.0 Å². The minimum absolute atomic E-state index is 0.713. The Bertz CT molecular complexity index is 597. The van der Waals surface area contributed by atoms with Crippen LogP contribution in [0.15, 0.2) is 54.6 Å². The Morgan fingerprint density at radius 2 is 1.83 bits per heavy atom. The van der Waals surface area contributed by atoms with Gasteiger partial charge in [0, 0.05) is 24.8 Å². The predicted octanol–water partition coefficient (Wildman–Crippen LogP) is 4.18. The molecule has 0 bridgehead atoms. The van der Waals surface area contributed by atoms with E-state index in [-0.39, 0.29) is 0 Å². The van der Waals surface area contributed by atoms with E-state index in [1.807, 2.05) is 18.2 Å². The second kappa shape index (κ2) is 8.14. The van der Waals surface area contributed by atoms with Crippen LogP contribution in [0.3, 0.4) is 0 Å². The second-order valence-electron chi connectivity index (χ2n) is 6.48. The zero-order chi connectivity index (χ0) is 15.9. The number of hydrogen-bond donors (Lipinski definition) is 2. The lowest BCUT2D eigenvalue weighted by molar-refractivity contribution is 0.152. The lowest BCUT2D eigenvalue weighted by Crippen LogP contribution is -2.36. The van der Waals surface area contributed by atoms with Gasteiger partial charge in [-0.2, -0.15) is 0 Å². The van der Waals surface area contributed by atoms with Gasteiger partial charge >= 0.3 is 0 Å². The van der Waals surface area contributed by atoms with E-state index in [9.17, 15) is 0 Å². The minimum Gasteiger partial charge on any atom is -0.321 e. The Kier molecular flexibility index (Phi) is 5.67. The third-order valence-electron chi connectivity index (χ3n) is 4.62. The Labute approximate surface area is 139 Å². The molecule has 3 heteroatoms. The average molecular weight is 309 g/mol. The van der Waals surface area contributed by atoms with Crippen LogP contribution in [-0.4, -0.2) is 17.5 Å². The summed E-state index contributed by atoms with van der Waals surface area (Å²) < 4.78 is 0. The molecule has 1 aliphatic rings. The van der Waals surface area contributed by atoms with Crippen molar-refractivity contribution in [1.82, 2.24) is 10.3 Å². The van der Waals surface area contributed by atoms with Crippen molar-refractivity contribution >= 4 is 5.69 Å². The van der Waals surface area contributed by atoms with Gasteiger partial charge in [-0.1, -0.05) is 48.9 Å². The first kappa shape index (κ1) is 16.0. The quantitative estimate of drug-likeness (QED) is 0.784. The number of nitrogens with zero attached hydrogens (tertiary/aromatic N) is 1. The van der Waals surface area contributed by atoms with Crippen LogP contribution >= 0.6 is 0 Å². The zero-order valence-corrected chi connectivity index (χ0v) is 14.0. The van der Waals surface area contributed by atoms with Crippen LogP contribution in [0.4, 0.5) is 5.69 Å². The predicted molar refractivity (Wildman–Crippen MR) is 97.1 cm³/mol. The summed E-state index contributed by atoms with van der Waals surface area (Å²) in [5.41, 5.74) is 10.4. The number of benzene rings is 2. The minimum atomic E-state index is 0.713. The molecule has 1 atom stereocenters. The highest BCUT2D eigenvalue weighted by Crippen LogP contribution is 2.19. The van der Waals surface area contributed by atoms with E-state index in [1.54, 1.807) is 0 Å². The van der Waals surface area contributed by atoms with E-state index < -0.39 is 0 Å². The molecule has 0 spiro atoms. The fourth-order valence-corrected chi connectivity index (χ4v) is 3.23. The molecule has 1 saturated heterocycles. The van der Waals surface area contributed by atoms with Crippen LogP contribution in [0.5, 0.6) is 0 Å². The highest BCUT2D eigenvalue weighted by atomic mass is 15.3. The second-order valence-corrected chi connectivity index (χ2v) is 6.48. The van der Waals surface area contributed by atoms with Crippen molar-refractivity contribution in [3.63, 3.8) is 0 Å². The van der Waals surface area contributed by atoms with Crippen LogP contribution in [0.2, 0.25) is 0 Å². The number of anilines is 1. The van der Waals surface area contributed by atoms with Gasteiger partial charge in [-0.15, -0.1) is 0 Å². The third kappa shape index (κ3) is 4.81. The monoisotopic (exact) mass is 309 g/mol. The topological polar surface area (TPSA) is 27.3 Å². The molecule has 1 aliphatic heterocycles. The van der Waals surface area contributed by atoms with E-state index in [2.05, 4.69) is 59.1 Å². The summed E-state index contributed by atoms with van der Waals surface area (Å²) in [5.74, 6) is 0. The van der Waals surface area contributed by atoms with E-state index in [4.69, 9.17) is 0 Å². The number of hydrazine groups is 1. The smallest absolute Gasteiger partial charge is 0.0487 e. The van der Waals surface area contributed by atoms with Gasteiger partial charge in [0.1, 0.15) is 0 Å². The normalized spacial score (nSPS) is 18.7. The molecule has 0 aromatic heterocycles. The van der Waals surface area contributed by atoms with Crippen molar-refractivity contribution in [3.8, 4) is 0 Å². The van der Waals surface area contributed by atoms with Crippen LogP contribution in [-0.2, 0) is 13.1 Å². The average Bonchev–Trinajstić information content (AvgIpc) is 2.58. The first-order chi connectivity index (χ1) is 11.3. The Morgan fingerprint density at radius 1 is 1.00 bits per heavy atom. The Balaban J connectivity index is 1.52. The number of nitrogens with one attached hydrogen (secondary N) is 2. The number of hydrogen-bond acceptors (Lipinski definition) is 3. The van der Waals surface area contributed by atoms with Crippen LogP contribution < -0.4 is 10.9 Å². The molecule has 1 unspecified atom stereocenters. The number of para-hydroxylation sites is 1. The summed E-state index contributed by atoms with van der Waals surface area (Å²) in [6, 6.07) is 19.8. The summed E-state index contributed by atoms with van der Waals surface area (Å²) in [4.78, 5) is 2.61. The SMILES string of the molecule is CC1CCCCN1Cc1cccc(CNNc2ccccc2)c1. The molecule has 23 heavy (non-hydrogen) atoms. The maximum absolute atomic E-state index is 3.29. The van der Waals surface area contributed by atoms with Crippen molar-refractivity contribution in [2.45, 2.75) is 45.3 Å².